The van der Waals surface area contributed by atoms with Gasteiger partial charge in [-0.1, -0.05) is 24.3 Å². The van der Waals surface area contributed by atoms with Gasteiger partial charge in [0.2, 0.25) is 10.0 Å². The van der Waals surface area contributed by atoms with Crippen LogP contribution >= 0.6 is 0 Å². The van der Waals surface area contributed by atoms with Crippen LogP contribution in [0.1, 0.15) is 10.4 Å². The second kappa shape index (κ2) is 5.42. The fourth-order valence-corrected chi connectivity index (χ4v) is 2.14. The summed E-state index contributed by atoms with van der Waals surface area (Å²) < 4.78 is 36.6. The highest BCUT2D eigenvalue weighted by atomic mass is 32.2. The third-order valence-electron chi connectivity index (χ3n) is 2.60. The van der Waals surface area contributed by atoms with E-state index in [1.165, 1.54) is 24.3 Å². The molecule has 0 radical (unpaired) electrons. The Hall–Kier alpha value is -2.21. The topological polar surface area (TPSA) is 63.2 Å². The predicted molar refractivity (Wildman–Crippen MR) is 74.1 cm³/mol. The largest absolute Gasteiger partial charge is 0.268 e. The molecule has 2 aromatic carbocycles. The first-order chi connectivity index (χ1) is 9.35. The fourth-order valence-electron chi connectivity index (χ4n) is 1.68. The second-order valence-electron chi connectivity index (χ2n) is 4.29. The summed E-state index contributed by atoms with van der Waals surface area (Å²) in [4.78, 5) is 11.6. The Morgan fingerprint density at radius 1 is 0.950 bits per heavy atom. The van der Waals surface area contributed by atoms with Crippen molar-refractivity contribution in [2.75, 3.05) is 6.26 Å². The summed E-state index contributed by atoms with van der Waals surface area (Å²) in [5.74, 6) is -1.00. The van der Waals surface area contributed by atoms with Crippen LogP contribution in [-0.4, -0.2) is 20.6 Å². The molecule has 0 saturated heterocycles. The van der Waals surface area contributed by atoms with Gasteiger partial charge < -0.3 is 0 Å². The summed E-state index contributed by atoms with van der Waals surface area (Å²) in [6.45, 7) is 0. The van der Waals surface area contributed by atoms with Crippen LogP contribution in [0.15, 0.2) is 48.5 Å². The molecule has 0 aliphatic carbocycles. The molecule has 20 heavy (non-hydrogen) atoms. The van der Waals surface area contributed by atoms with Gasteiger partial charge in [0.1, 0.15) is 5.82 Å². The molecule has 1 amide bonds. The quantitative estimate of drug-likeness (QED) is 0.943. The number of rotatable bonds is 3. The number of benzene rings is 2. The molecule has 0 atom stereocenters. The Labute approximate surface area is 116 Å². The number of hydrogen-bond donors (Lipinski definition) is 1. The molecule has 0 spiro atoms. The lowest BCUT2D eigenvalue weighted by atomic mass is 10.0. The Morgan fingerprint density at radius 2 is 1.40 bits per heavy atom. The minimum atomic E-state index is -3.58. The monoisotopic (exact) mass is 293 g/mol. The van der Waals surface area contributed by atoms with Crippen LogP contribution in [-0.2, 0) is 10.0 Å². The zero-order chi connectivity index (χ0) is 14.8. The molecule has 0 aliphatic rings. The van der Waals surface area contributed by atoms with E-state index in [2.05, 4.69) is 0 Å². The van der Waals surface area contributed by atoms with Crippen molar-refractivity contribution in [1.82, 2.24) is 4.72 Å². The van der Waals surface area contributed by atoms with Gasteiger partial charge in [0, 0.05) is 5.56 Å². The maximum absolute atomic E-state index is 12.8. The van der Waals surface area contributed by atoms with Crippen molar-refractivity contribution in [3.63, 3.8) is 0 Å². The summed E-state index contributed by atoms with van der Waals surface area (Å²) in [6.07, 6.45) is 0.914. The fraction of sp³-hybridized carbons (Fsp3) is 0.0714. The van der Waals surface area contributed by atoms with Crippen LogP contribution in [0.3, 0.4) is 0 Å². The summed E-state index contributed by atoms with van der Waals surface area (Å²) in [6, 6.07) is 12.3. The SMILES string of the molecule is CS(=O)(=O)NC(=O)c1ccc(-c2ccc(F)cc2)cc1. The van der Waals surface area contributed by atoms with Crippen molar-refractivity contribution in [2.24, 2.45) is 0 Å². The van der Waals surface area contributed by atoms with Gasteiger partial charge in [-0.15, -0.1) is 0 Å². The summed E-state index contributed by atoms with van der Waals surface area (Å²) >= 11 is 0. The zero-order valence-corrected chi connectivity index (χ0v) is 11.4. The van der Waals surface area contributed by atoms with Crippen molar-refractivity contribution < 1.29 is 17.6 Å². The predicted octanol–water partition coefficient (Wildman–Crippen LogP) is 2.18. The molecule has 0 bridgehead atoms. The van der Waals surface area contributed by atoms with E-state index in [9.17, 15) is 17.6 Å². The highest BCUT2D eigenvalue weighted by Crippen LogP contribution is 2.20. The van der Waals surface area contributed by atoms with Gasteiger partial charge >= 0.3 is 0 Å². The van der Waals surface area contributed by atoms with Gasteiger partial charge in [-0.3, -0.25) is 4.79 Å². The molecule has 4 nitrogen and oxygen atoms in total. The van der Waals surface area contributed by atoms with E-state index in [1.54, 1.807) is 24.3 Å². The molecule has 2 rings (SSSR count). The second-order valence-corrected chi connectivity index (χ2v) is 6.04. The van der Waals surface area contributed by atoms with Crippen LogP contribution in [0.25, 0.3) is 11.1 Å². The lowest BCUT2D eigenvalue weighted by Gasteiger charge is -2.05. The smallest absolute Gasteiger partial charge is 0.264 e. The first kappa shape index (κ1) is 14.2. The number of nitrogens with one attached hydrogen (secondary N) is 1. The average Bonchev–Trinajstić information content (AvgIpc) is 2.38. The molecule has 0 heterocycles. The third-order valence-corrected chi connectivity index (χ3v) is 3.16. The van der Waals surface area contributed by atoms with Crippen LogP contribution in [0.2, 0.25) is 0 Å². The minimum Gasteiger partial charge on any atom is -0.268 e. The van der Waals surface area contributed by atoms with E-state index >= 15 is 0 Å². The van der Waals surface area contributed by atoms with Crippen LogP contribution in [0.5, 0.6) is 0 Å². The normalized spacial score (nSPS) is 11.1. The van der Waals surface area contributed by atoms with Crippen LogP contribution < -0.4 is 4.72 Å². The number of halogens is 1. The van der Waals surface area contributed by atoms with Crippen LogP contribution in [0, 0.1) is 5.82 Å². The highest BCUT2D eigenvalue weighted by molar-refractivity contribution is 7.89. The zero-order valence-electron chi connectivity index (χ0n) is 10.6. The number of carbonyl (C=O) groups excluding carboxylic acids is 1. The molecule has 0 unspecified atom stereocenters. The first-order valence-corrected chi connectivity index (χ1v) is 7.62. The van der Waals surface area contributed by atoms with Gasteiger partial charge in [-0.2, -0.15) is 0 Å². The Balaban J connectivity index is 2.22. The molecule has 2 aromatic rings. The summed E-state index contributed by atoms with van der Waals surface area (Å²) in [7, 11) is -3.58. The van der Waals surface area contributed by atoms with Gasteiger partial charge in [0.15, 0.2) is 0 Å². The standard InChI is InChI=1S/C14H12FNO3S/c1-20(18,19)16-14(17)12-4-2-10(3-5-12)11-6-8-13(15)9-7-11/h2-9H,1H3,(H,16,17). The minimum absolute atomic E-state index is 0.237. The van der Waals surface area contributed by atoms with Crippen molar-refractivity contribution in [2.45, 2.75) is 0 Å². The molecule has 0 aromatic heterocycles. The molecular formula is C14H12FNO3S. The summed E-state index contributed by atoms with van der Waals surface area (Å²) in [5, 5.41) is 0. The molecule has 0 fully saturated rings. The molecule has 1 N–H and O–H groups in total. The average molecular weight is 293 g/mol. The molecule has 0 aliphatic heterocycles. The van der Waals surface area contributed by atoms with Crippen molar-refractivity contribution in [3.8, 4) is 11.1 Å². The number of carbonyl (C=O) groups is 1. The van der Waals surface area contributed by atoms with Crippen LogP contribution in [0.4, 0.5) is 4.39 Å². The van der Waals surface area contributed by atoms with Gasteiger partial charge in [0.25, 0.3) is 5.91 Å². The van der Waals surface area contributed by atoms with E-state index < -0.39 is 15.9 Å². The van der Waals surface area contributed by atoms with E-state index in [-0.39, 0.29) is 11.4 Å². The highest BCUT2D eigenvalue weighted by Gasteiger charge is 2.10. The maximum Gasteiger partial charge on any atom is 0.264 e. The summed E-state index contributed by atoms with van der Waals surface area (Å²) in [5.41, 5.74) is 1.85. The Kier molecular flexibility index (Phi) is 3.85. The van der Waals surface area contributed by atoms with E-state index in [0.29, 0.717) is 0 Å². The van der Waals surface area contributed by atoms with E-state index in [0.717, 1.165) is 17.4 Å². The lowest BCUT2D eigenvalue weighted by Crippen LogP contribution is -2.29. The Bertz CT molecular complexity index is 722. The van der Waals surface area contributed by atoms with Gasteiger partial charge in [-0.25, -0.2) is 17.5 Å². The van der Waals surface area contributed by atoms with E-state index in [1.807, 2.05) is 4.72 Å². The number of amides is 1. The van der Waals surface area contributed by atoms with Crippen molar-refractivity contribution in [1.29, 1.82) is 0 Å². The lowest BCUT2D eigenvalue weighted by molar-refractivity contribution is 0.0981. The number of sulfonamides is 1. The van der Waals surface area contributed by atoms with E-state index in [4.69, 9.17) is 0 Å². The first-order valence-electron chi connectivity index (χ1n) is 5.73. The number of hydrogen-bond acceptors (Lipinski definition) is 3. The molecule has 6 heteroatoms. The molecular weight excluding hydrogens is 281 g/mol. The van der Waals surface area contributed by atoms with Gasteiger partial charge in [0.05, 0.1) is 6.26 Å². The van der Waals surface area contributed by atoms with Crippen molar-refractivity contribution >= 4 is 15.9 Å². The maximum atomic E-state index is 12.8. The van der Waals surface area contributed by atoms with Crippen molar-refractivity contribution in [3.05, 3.63) is 59.9 Å². The third kappa shape index (κ3) is 3.64. The molecule has 0 saturated carbocycles. The Morgan fingerprint density at radius 3 is 1.85 bits per heavy atom. The van der Waals surface area contributed by atoms with Gasteiger partial charge in [-0.05, 0) is 35.4 Å². The molecule has 104 valence electrons.